The van der Waals surface area contributed by atoms with Crippen molar-refractivity contribution in [1.82, 2.24) is 0 Å². The summed E-state index contributed by atoms with van der Waals surface area (Å²) >= 11 is 0. The summed E-state index contributed by atoms with van der Waals surface area (Å²) in [6.07, 6.45) is 1.72. The Hall–Kier alpha value is -2.49. The van der Waals surface area contributed by atoms with Crippen LogP contribution in [0.3, 0.4) is 0 Å². The van der Waals surface area contributed by atoms with Crippen LogP contribution in [-0.2, 0) is 6.42 Å². The molecule has 0 unspecified atom stereocenters. The first-order valence-corrected chi connectivity index (χ1v) is 7.57. The van der Waals surface area contributed by atoms with Crippen LogP contribution < -0.4 is 14.8 Å². The number of ether oxygens (including phenoxy) is 2. The first-order valence-electron chi connectivity index (χ1n) is 7.57. The van der Waals surface area contributed by atoms with Crippen LogP contribution in [0.4, 0.5) is 5.69 Å². The molecule has 3 rings (SSSR count). The number of hydrogen-bond acceptors (Lipinski definition) is 3. The van der Waals surface area contributed by atoms with E-state index >= 15 is 0 Å². The molecule has 4 nitrogen and oxygen atoms in total. The molecule has 1 aliphatic rings. The summed E-state index contributed by atoms with van der Waals surface area (Å²) in [5, 5.41) is 2.96. The SMILES string of the molecule is CCc1ccccc1NC(=O)c1ccc2c(c1)OCCCO2. The third kappa shape index (κ3) is 3.06. The molecule has 0 spiro atoms. The van der Waals surface area contributed by atoms with Crippen LogP contribution in [0.5, 0.6) is 11.5 Å². The van der Waals surface area contributed by atoms with Crippen molar-refractivity contribution in [3.05, 3.63) is 53.6 Å². The zero-order valence-corrected chi connectivity index (χ0v) is 12.6. The minimum Gasteiger partial charge on any atom is -0.490 e. The average molecular weight is 297 g/mol. The van der Waals surface area contributed by atoms with Gasteiger partial charge in [-0.2, -0.15) is 0 Å². The van der Waals surface area contributed by atoms with E-state index in [-0.39, 0.29) is 5.91 Å². The maximum Gasteiger partial charge on any atom is 0.255 e. The highest BCUT2D eigenvalue weighted by atomic mass is 16.5. The van der Waals surface area contributed by atoms with Crippen LogP contribution in [0.2, 0.25) is 0 Å². The number of para-hydroxylation sites is 1. The van der Waals surface area contributed by atoms with Gasteiger partial charge in [-0.05, 0) is 36.2 Å². The van der Waals surface area contributed by atoms with Gasteiger partial charge in [-0.3, -0.25) is 4.79 Å². The van der Waals surface area contributed by atoms with E-state index in [2.05, 4.69) is 12.2 Å². The van der Waals surface area contributed by atoms with E-state index < -0.39 is 0 Å². The molecule has 1 aliphatic heterocycles. The fraction of sp³-hybridized carbons (Fsp3) is 0.278. The van der Waals surface area contributed by atoms with Crippen LogP contribution in [0.15, 0.2) is 42.5 Å². The Morgan fingerprint density at radius 1 is 1.09 bits per heavy atom. The van der Waals surface area contributed by atoms with Crippen molar-refractivity contribution in [3.63, 3.8) is 0 Å². The minimum absolute atomic E-state index is 0.142. The van der Waals surface area contributed by atoms with E-state index in [4.69, 9.17) is 9.47 Å². The number of rotatable bonds is 3. The van der Waals surface area contributed by atoms with Gasteiger partial charge in [-0.1, -0.05) is 25.1 Å². The molecular weight excluding hydrogens is 278 g/mol. The molecule has 0 saturated heterocycles. The van der Waals surface area contributed by atoms with Gasteiger partial charge in [0.15, 0.2) is 11.5 Å². The van der Waals surface area contributed by atoms with E-state index in [1.54, 1.807) is 18.2 Å². The summed E-state index contributed by atoms with van der Waals surface area (Å²) in [4.78, 5) is 12.4. The minimum atomic E-state index is -0.142. The Morgan fingerprint density at radius 3 is 2.68 bits per heavy atom. The fourth-order valence-electron chi connectivity index (χ4n) is 2.45. The van der Waals surface area contributed by atoms with Crippen molar-refractivity contribution in [2.75, 3.05) is 18.5 Å². The molecular formula is C18H19NO3. The zero-order valence-electron chi connectivity index (χ0n) is 12.6. The zero-order chi connectivity index (χ0) is 15.4. The second-order valence-corrected chi connectivity index (χ2v) is 5.18. The third-order valence-electron chi connectivity index (χ3n) is 3.66. The van der Waals surface area contributed by atoms with E-state index in [9.17, 15) is 4.79 Å². The van der Waals surface area contributed by atoms with Crippen LogP contribution in [0.25, 0.3) is 0 Å². The smallest absolute Gasteiger partial charge is 0.255 e. The molecule has 114 valence electrons. The Balaban J connectivity index is 1.82. The van der Waals surface area contributed by atoms with Gasteiger partial charge >= 0.3 is 0 Å². The third-order valence-corrected chi connectivity index (χ3v) is 3.66. The Bertz CT molecular complexity index is 682. The molecule has 2 aromatic carbocycles. The molecule has 1 N–H and O–H groups in total. The van der Waals surface area contributed by atoms with Gasteiger partial charge in [0.05, 0.1) is 13.2 Å². The lowest BCUT2D eigenvalue weighted by Gasteiger charge is -2.11. The van der Waals surface area contributed by atoms with Gasteiger partial charge in [-0.15, -0.1) is 0 Å². The first-order chi connectivity index (χ1) is 10.8. The molecule has 0 saturated carbocycles. The highest BCUT2D eigenvalue weighted by molar-refractivity contribution is 6.05. The number of carbonyl (C=O) groups excluding carboxylic acids is 1. The van der Waals surface area contributed by atoms with Crippen LogP contribution >= 0.6 is 0 Å². The molecule has 0 aliphatic carbocycles. The standard InChI is InChI=1S/C18H19NO3/c1-2-13-6-3-4-7-15(13)19-18(20)14-8-9-16-17(12-14)22-11-5-10-21-16/h3-4,6-9,12H,2,5,10-11H2,1H3,(H,19,20). The van der Waals surface area contributed by atoms with Crippen molar-refractivity contribution in [3.8, 4) is 11.5 Å². The largest absolute Gasteiger partial charge is 0.490 e. The number of hydrogen-bond donors (Lipinski definition) is 1. The molecule has 4 heteroatoms. The first kappa shape index (κ1) is 14.4. The predicted molar refractivity (Wildman–Crippen MR) is 85.8 cm³/mol. The number of fused-ring (bicyclic) bond motifs is 1. The van der Waals surface area contributed by atoms with Gasteiger partial charge in [0.25, 0.3) is 5.91 Å². The Labute approximate surface area is 130 Å². The molecule has 22 heavy (non-hydrogen) atoms. The molecule has 1 amide bonds. The van der Waals surface area contributed by atoms with Gasteiger partial charge in [0.2, 0.25) is 0 Å². The van der Waals surface area contributed by atoms with E-state index in [0.717, 1.165) is 24.1 Å². The maximum atomic E-state index is 12.4. The van der Waals surface area contributed by atoms with E-state index in [0.29, 0.717) is 30.3 Å². The van der Waals surface area contributed by atoms with Crippen molar-refractivity contribution in [1.29, 1.82) is 0 Å². The highest BCUT2D eigenvalue weighted by Crippen LogP contribution is 2.30. The van der Waals surface area contributed by atoms with E-state index in [1.807, 2.05) is 24.3 Å². The number of carbonyl (C=O) groups is 1. The van der Waals surface area contributed by atoms with Gasteiger partial charge in [-0.25, -0.2) is 0 Å². The predicted octanol–water partition coefficient (Wildman–Crippen LogP) is 3.66. The van der Waals surface area contributed by atoms with Crippen LogP contribution in [0, 0.1) is 0 Å². The quantitative estimate of drug-likeness (QED) is 0.940. The lowest BCUT2D eigenvalue weighted by molar-refractivity contribution is 0.102. The fourth-order valence-corrected chi connectivity index (χ4v) is 2.45. The molecule has 0 fully saturated rings. The summed E-state index contributed by atoms with van der Waals surface area (Å²) < 4.78 is 11.2. The molecule has 2 aromatic rings. The Kier molecular flexibility index (Phi) is 4.28. The van der Waals surface area contributed by atoms with Crippen molar-refractivity contribution in [2.24, 2.45) is 0 Å². The molecule has 0 atom stereocenters. The lowest BCUT2D eigenvalue weighted by Crippen LogP contribution is -2.13. The monoisotopic (exact) mass is 297 g/mol. The summed E-state index contributed by atoms with van der Waals surface area (Å²) in [5.41, 5.74) is 2.53. The lowest BCUT2D eigenvalue weighted by atomic mass is 10.1. The number of nitrogens with one attached hydrogen (secondary N) is 1. The van der Waals surface area contributed by atoms with Crippen LogP contribution in [0.1, 0.15) is 29.3 Å². The number of benzene rings is 2. The second-order valence-electron chi connectivity index (χ2n) is 5.18. The number of anilines is 1. The molecule has 0 bridgehead atoms. The van der Waals surface area contributed by atoms with Gasteiger partial charge in [0, 0.05) is 17.7 Å². The van der Waals surface area contributed by atoms with Crippen molar-refractivity contribution in [2.45, 2.75) is 19.8 Å². The van der Waals surface area contributed by atoms with Crippen LogP contribution in [-0.4, -0.2) is 19.1 Å². The van der Waals surface area contributed by atoms with Gasteiger partial charge < -0.3 is 14.8 Å². The average Bonchev–Trinajstić information content (AvgIpc) is 2.79. The molecule has 0 aromatic heterocycles. The van der Waals surface area contributed by atoms with Gasteiger partial charge in [0.1, 0.15) is 0 Å². The summed E-state index contributed by atoms with van der Waals surface area (Å²) in [7, 11) is 0. The van der Waals surface area contributed by atoms with Crippen molar-refractivity contribution >= 4 is 11.6 Å². The maximum absolute atomic E-state index is 12.4. The topological polar surface area (TPSA) is 47.6 Å². The summed E-state index contributed by atoms with van der Waals surface area (Å²) in [6.45, 7) is 3.32. The second kappa shape index (κ2) is 6.52. The number of aryl methyl sites for hydroxylation is 1. The number of amides is 1. The molecule has 0 radical (unpaired) electrons. The summed E-state index contributed by atoms with van der Waals surface area (Å²) in [5.74, 6) is 1.19. The molecule has 1 heterocycles. The normalized spacial score (nSPS) is 13.3. The highest BCUT2D eigenvalue weighted by Gasteiger charge is 2.14. The summed E-state index contributed by atoms with van der Waals surface area (Å²) in [6, 6.07) is 13.1. The van der Waals surface area contributed by atoms with E-state index in [1.165, 1.54) is 0 Å². The van der Waals surface area contributed by atoms with Crippen molar-refractivity contribution < 1.29 is 14.3 Å². The Morgan fingerprint density at radius 2 is 1.86 bits per heavy atom.